The molecule has 0 radical (unpaired) electrons. The molecule has 1 N–H and O–H groups in total. The number of carboxylic acid groups (broad SMARTS) is 1. The molecule has 0 amide bonds. The number of hydrogen-bond acceptors (Lipinski definition) is 3. The van der Waals surface area contributed by atoms with Gasteiger partial charge < -0.3 is 9.84 Å². The van der Waals surface area contributed by atoms with Gasteiger partial charge in [-0.25, -0.2) is 0 Å². The van der Waals surface area contributed by atoms with Gasteiger partial charge in [0.25, 0.3) is 0 Å². The lowest BCUT2D eigenvalue weighted by Crippen LogP contribution is -2.18. The van der Waals surface area contributed by atoms with Crippen molar-refractivity contribution < 1.29 is 19.4 Å². The molecule has 0 aliphatic heterocycles. The van der Waals surface area contributed by atoms with E-state index in [4.69, 9.17) is 9.84 Å². The monoisotopic (exact) mass is 677 g/mol. The molecule has 1 unspecified atom stereocenters. The van der Waals surface area contributed by atoms with Gasteiger partial charge in [0.05, 0.1) is 0 Å². The van der Waals surface area contributed by atoms with E-state index in [1.807, 2.05) is 0 Å². The molecule has 1 atom stereocenters. The van der Waals surface area contributed by atoms with Crippen molar-refractivity contribution >= 4 is 11.9 Å². The van der Waals surface area contributed by atoms with Crippen molar-refractivity contribution in [2.24, 2.45) is 0 Å². The van der Waals surface area contributed by atoms with Crippen LogP contribution in [0.15, 0.2) is 12.2 Å². The van der Waals surface area contributed by atoms with E-state index in [0.717, 1.165) is 70.6 Å². The number of allylic oxidation sites excluding steroid dienone is 2. The highest BCUT2D eigenvalue weighted by Crippen LogP contribution is 2.18. The second-order valence-corrected chi connectivity index (χ2v) is 14.9. The number of hydrogen-bond donors (Lipinski definition) is 1. The van der Waals surface area contributed by atoms with Crippen LogP contribution in [0, 0.1) is 0 Å². The lowest BCUT2D eigenvalue weighted by Gasteiger charge is -2.18. The maximum Gasteiger partial charge on any atom is 0.306 e. The molecule has 0 aromatic carbocycles. The summed E-state index contributed by atoms with van der Waals surface area (Å²) >= 11 is 0. The summed E-state index contributed by atoms with van der Waals surface area (Å²) in [6.07, 6.45) is 49.6. The van der Waals surface area contributed by atoms with Gasteiger partial charge in [0.2, 0.25) is 0 Å². The van der Waals surface area contributed by atoms with Crippen LogP contribution in [0.25, 0.3) is 0 Å². The van der Waals surface area contributed by atoms with E-state index in [0.29, 0.717) is 6.42 Å². The highest BCUT2D eigenvalue weighted by atomic mass is 16.5. The van der Waals surface area contributed by atoms with Crippen LogP contribution in [0.1, 0.15) is 251 Å². The van der Waals surface area contributed by atoms with E-state index < -0.39 is 5.97 Å². The SMILES string of the molecule is CCCCCCCCCC/C=C\CCCC(CCCCCCCC(=O)O)OC(=O)CCCCCCCCCCCCCCCCCCC. The molecule has 284 valence electrons. The van der Waals surface area contributed by atoms with E-state index in [-0.39, 0.29) is 18.5 Å². The summed E-state index contributed by atoms with van der Waals surface area (Å²) in [4.78, 5) is 23.4. The Hall–Kier alpha value is -1.32. The summed E-state index contributed by atoms with van der Waals surface area (Å²) in [6.45, 7) is 4.56. The minimum Gasteiger partial charge on any atom is -0.481 e. The van der Waals surface area contributed by atoms with Gasteiger partial charge in [-0.1, -0.05) is 193 Å². The average Bonchev–Trinajstić information content (AvgIpc) is 3.07. The van der Waals surface area contributed by atoms with Crippen LogP contribution in [0.4, 0.5) is 0 Å². The zero-order valence-corrected chi connectivity index (χ0v) is 32.6. The third kappa shape index (κ3) is 39.1. The highest BCUT2D eigenvalue weighted by molar-refractivity contribution is 5.69. The van der Waals surface area contributed by atoms with Crippen LogP contribution in [0.3, 0.4) is 0 Å². The first-order valence-corrected chi connectivity index (χ1v) is 21.7. The first-order valence-electron chi connectivity index (χ1n) is 21.7. The summed E-state index contributed by atoms with van der Waals surface area (Å²) in [6, 6.07) is 0. The Labute approximate surface area is 300 Å². The largest absolute Gasteiger partial charge is 0.481 e. The fraction of sp³-hybridized carbons (Fsp3) is 0.909. The molecule has 0 saturated heterocycles. The predicted octanol–water partition coefficient (Wildman–Crippen LogP) is 15.0. The molecule has 0 rings (SSSR count). The van der Waals surface area contributed by atoms with E-state index in [2.05, 4.69) is 26.0 Å². The van der Waals surface area contributed by atoms with Gasteiger partial charge in [0.15, 0.2) is 0 Å². The van der Waals surface area contributed by atoms with Crippen LogP contribution in [0.2, 0.25) is 0 Å². The molecule has 0 fully saturated rings. The molecule has 0 aromatic heterocycles. The van der Waals surface area contributed by atoms with Crippen molar-refractivity contribution in [3.05, 3.63) is 12.2 Å². The number of rotatable bonds is 40. The Morgan fingerprint density at radius 1 is 0.438 bits per heavy atom. The van der Waals surface area contributed by atoms with E-state index >= 15 is 0 Å². The van der Waals surface area contributed by atoms with Crippen LogP contribution >= 0.6 is 0 Å². The number of unbranched alkanes of at least 4 members (excludes halogenated alkanes) is 29. The minimum atomic E-state index is -0.701. The quantitative estimate of drug-likeness (QED) is 0.0398. The van der Waals surface area contributed by atoms with Gasteiger partial charge in [-0.15, -0.1) is 0 Å². The standard InChI is InChI=1S/C44H84O4/c1-3-5-7-9-11-13-15-17-18-19-20-22-24-26-28-33-37-41-44(47)48-42(39-35-31-29-32-36-40-43(45)46)38-34-30-27-25-23-21-16-14-12-10-8-6-4-2/h25,27,42H,3-24,26,28-41H2,1-2H3,(H,45,46)/b27-25-. The Morgan fingerprint density at radius 2 is 0.771 bits per heavy atom. The van der Waals surface area contributed by atoms with Crippen LogP contribution in [-0.4, -0.2) is 23.1 Å². The first kappa shape index (κ1) is 46.7. The Bertz CT molecular complexity index is 687. The summed E-state index contributed by atoms with van der Waals surface area (Å²) in [5, 5.41) is 8.83. The summed E-state index contributed by atoms with van der Waals surface area (Å²) < 4.78 is 6.00. The van der Waals surface area contributed by atoms with Crippen molar-refractivity contribution in [1.82, 2.24) is 0 Å². The van der Waals surface area contributed by atoms with Gasteiger partial charge in [-0.05, 0) is 57.8 Å². The Morgan fingerprint density at radius 3 is 1.21 bits per heavy atom. The molecule has 4 nitrogen and oxygen atoms in total. The van der Waals surface area contributed by atoms with Gasteiger partial charge in [-0.2, -0.15) is 0 Å². The molecule has 0 bridgehead atoms. The normalized spacial score (nSPS) is 12.2. The smallest absolute Gasteiger partial charge is 0.306 e. The number of aliphatic carboxylic acids is 1. The number of carbonyl (C=O) groups is 2. The lowest BCUT2D eigenvalue weighted by molar-refractivity contribution is -0.150. The van der Waals surface area contributed by atoms with Crippen molar-refractivity contribution in [2.45, 2.75) is 258 Å². The maximum atomic E-state index is 12.7. The van der Waals surface area contributed by atoms with Crippen molar-refractivity contribution in [1.29, 1.82) is 0 Å². The molecule has 0 aromatic rings. The van der Waals surface area contributed by atoms with Crippen LogP contribution in [0.5, 0.6) is 0 Å². The van der Waals surface area contributed by atoms with Crippen molar-refractivity contribution in [3.8, 4) is 0 Å². The number of ether oxygens (including phenoxy) is 1. The Balaban J connectivity index is 3.99. The fourth-order valence-electron chi connectivity index (χ4n) is 6.77. The zero-order chi connectivity index (χ0) is 35.0. The van der Waals surface area contributed by atoms with E-state index in [9.17, 15) is 9.59 Å². The van der Waals surface area contributed by atoms with Crippen LogP contribution < -0.4 is 0 Å². The van der Waals surface area contributed by atoms with Crippen molar-refractivity contribution in [2.75, 3.05) is 0 Å². The molecule has 0 spiro atoms. The topological polar surface area (TPSA) is 63.6 Å². The van der Waals surface area contributed by atoms with Crippen molar-refractivity contribution in [3.63, 3.8) is 0 Å². The number of carboxylic acids is 1. The summed E-state index contributed by atoms with van der Waals surface area (Å²) in [5.41, 5.74) is 0. The Kier molecular flexibility index (Phi) is 39.0. The second-order valence-electron chi connectivity index (χ2n) is 14.9. The minimum absolute atomic E-state index is 0.00680. The predicted molar refractivity (Wildman–Crippen MR) is 209 cm³/mol. The third-order valence-electron chi connectivity index (χ3n) is 9.99. The molecule has 0 aliphatic carbocycles. The molecular weight excluding hydrogens is 592 g/mol. The summed E-state index contributed by atoms with van der Waals surface area (Å²) in [7, 11) is 0. The molecule has 4 heteroatoms. The van der Waals surface area contributed by atoms with E-state index in [1.165, 1.54) is 154 Å². The lowest BCUT2D eigenvalue weighted by atomic mass is 10.0. The fourth-order valence-corrected chi connectivity index (χ4v) is 6.77. The molecule has 0 saturated carbocycles. The molecule has 0 aliphatic rings. The average molecular weight is 677 g/mol. The highest BCUT2D eigenvalue weighted by Gasteiger charge is 2.14. The first-order chi connectivity index (χ1) is 23.6. The summed E-state index contributed by atoms with van der Waals surface area (Å²) in [5.74, 6) is -0.707. The van der Waals surface area contributed by atoms with Gasteiger partial charge in [-0.3, -0.25) is 9.59 Å². The molecular formula is C44H84O4. The van der Waals surface area contributed by atoms with E-state index in [1.54, 1.807) is 0 Å². The van der Waals surface area contributed by atoms with Gasteiger partial charge >= 0.3 is 11.9 Å². The number of carbonyl (C=O) groups excluding carboxylic acids is 1. The zero-order valence-electron chi connectivity index (χ0n) is 32.6. The molecule has 48 heavy (non-hydrogen) atoms. The number of esters is 1. The van der Waals surface area contributed by atoms with Gasteiger partial charge in [0.1, 0.15) is 6.10 Å². The molecule has 0 heterocycles. The second kappa shape index (κ2) is 40.1. The van der Waals surface area contributed by atoms with Crippen LogP contribution in [-0.2, 0) is 14.3 Å². The maximum absolute atomic E-state index is 12.7. The third-order valence-corrected chi connectivity index (χ3v) is 9.99. The van der Waals surface area contributed by atoms with Gasteiger partial charge in [0, 0.05) is 12.8 Å².